The zero-order valence-electron chi connectivity index (χ0n) is 9.03. The molecule has 1 N–H and O–H groups in total. The minimum absolute atomic E-state index is 0.164. The normalized spacial score (nSPS) is 14.9. The number of aryl methyl sites for hydroxylation is 1. The van der Waals surface area contributed by atoms with Crippen LogP contribution in [0.4, 0.5) is 0 Å². The zero-order valence-corrected chi connectivity index (χ0v) is 9.03. The Morgan fingerprint density at radius 3 is 2.21 bits per heavy atom. The summed E-state index contributed by atoms with van der Waals surface area (Å²) in [6, 6.07) is 7.98. The van der Waals surface area contributed by atoms with Gasteiger partial charge in [-0.1, -0.05) is 19.1 Å². The Kier molecular flexibility index (Phi) is 3.96. The lowest BCUT2D eigenvalue weighted by atomic mass is 10.2. The maximum absolute atomic E-state index is 9.26. The summed E-state index contributed by atoms with van der Waals surface area (Å²) in [5, 5.41) is 9.26. The van der Waals surface area contributed by atoms with Gasteiger partial charge in [-0.15, -0.1) is 0 Å². The van der Waals surface area contributed by atoms with Crippen molar-refractivity contribution in [3.8, 4) is 5.75 Å². The van der Waals surface area contributed by atoms with Gasteiger partial charge in [-0.05, 0) is 38.0 Å². The largest absolute Gasteiger partial charge is 0.488 e. The standard InChI is InChI=1S/C12H18O2/c1-4-11-5-7-12(8-6-11)14-10(3)9(2)13/h5-10,13H,4H2,1-3H3/t9-,10?/m1/s1. The lowest BCUT2D eigenvalue weighted by Crippen LogP contribution is -2.25. The van der Waals surface area contributed by atoms with E-state index in [2.05, 4.69) is 6.92 Å². The summed E-state index contributed by atoms with van der Waals surface area (Å²) in [6.07, 6.45) is 0.426. The molecule has 78 valence electrons. The molecular weight excluding hydrogens is 176 g/mol. The minimum atomic E-state index is -0.444. The van der Waals surface area contributed by atoms with Crippen LogP contribution in [0.15, 0.2) is 24.3 Å². The zero-order chi connectivity index (χ0) is 10.6. The molecular formula is C12H18O2. The van der Waals surface area contributed by atoms with Crippen molar-refractivity contribution in [3.05, 3.63) is 29.8 Å². The Balaban J connectivity index is 2.59. The molecule has 0 aromatic heterocycles. The quantitative estimate of drug-likeness (QED) is 0.797. The van der Waals surface area contributed by atoms with E-state index in [1.807, 2.05) is 31.2 Å². The van der Waals surface area contributed by atoms with Crippen LogP contribution in [0.1, 0.15) is 26.3 Å². The van der Waals surface area contributed by atoms with Crippen LogP contribution in [0.25, 0.3) is 0 Å². The van der Waals surface area contributed by atoms with Crippen molar-refractivity contribution in [1.82, 2.24) is 0 Å². The van der Waals surface area contributed by atoms with Crippen molar-refractivity contribution in [3.63, 3.8) is 0 Å². The monoisotopic (exact) mass is 194 g/mol. The van der Waals surface area contributed by atoms with Crippen molar-refractivity contribution >= 4 is 0 Å². The molecule has 1 aromatic carbocycles. The number of hydrogen-bond acceptors (Lipinski definition) is 2. The lowest BCUT2D eigenvalue weighted by molar-refractivity contribution is 0.0604. The van der Waals surface area contributed by atoms with Gasteiger partial charge in [0.15, 0.2) is 0 Å². The second-order valence-electron chi connectivity index (χ2n) is 3.56. The first-order valence-electron chi connectivity index (χ1n) is 5.07. The van der Waals surface area contributed by atoms with E-state index in [9.17, 15) is 5.11 Å². The molecule has 0 aliphatic carbocycles. The van der Waals surface area contributed by atoms with Crippen molar-refractivity contribution in [2.45, 2.75) is 39.4 Å². The fraction of sp³-hybridized carbons (Fsp3) is 0.500. The predicted molar refractivity (Wildman–Crippen MR) is 57.6 cm³/mol. The van der Waals surface area contributed by atoms with Gasteiger partial charge in [0.05, 0.1) is 6.10 Å². The van der Waals surface area contributed by atoms with Gasteiger partial charge in [-0.25, -0.2) is 0 Å². The predicted octanol–water partition coefficient (Wildman–Crippen LogP) is 2.40. The summed E-state index contributed by atoms with van der Waals surface area (Å²) >= 11 is 0. The third-order valence-corrected chi connectivity index (χ3v) is 2.33. The number of benzene rings is 1. The maximum atomic E-state index is 9.26. The second-order valence-corrected chi connectivity index (χ2v) is 3.56. The van der Waals surface area contributed by atoms with Crippen LogP contribution < -0.4 is 4.74 Å². The Morgan fingerprint density at radius 2 is 1.79 bits per heavy atom. The molecule has 2 heteroatoms. The van der Waals surface area contributed by atoms with E-state index in [0.29, 0.717) is 0 Å². The third-order valence-electron chi connectivity index (χ3n) is 2.33. The van der Waals surface area contributed by atoms with Crippen molar-refractivity contribution in [1.29, 1.82) is 0 Å². The summed E-state index contributed by atoms with van der Waals surface area (Å²) in [4.78, 5) is 0. The van der Waals surface area contributed by atoms with Gasteiger partial charge in [0.25, 0.3) is 0 Å². The molecule has 0 saturated heterocycles. The summed E-state index contributed by atoms with van der Waals surface area (Å²) in [5.41, 5.74) is 1.29. The number of aliphatic hydroxyl groups excluding tert-OH is 1. The Morgan fingerprint density at radius 1 is 1.21 bits per heavy atom. The van der Waals surface area contributed by atoms with E-state index in [0.717, 1.165) is 12.2 Å². The molecule has 0 fully saturated rings. The summed E-state index contributed by atoms with van der Waals surface area (Å²) in [6.45, 7) is 5.71. The van der Waals surface area contributed by atoms with Gasteiger partial charge >= 0.3 is 0 Å². The van der Waals surface area contributed by atoms with Crippen LogP contribution in [0.2, 0.25) is 0 Å². The number of hydrogen-bond donors (Lipinski definition) is 1. The smallest absolute Gasteiger partial charge is 0.121 e. The van der Waals surface area contributed by atoms with Crippen LogP contribution in [0, 0.1) is 0 Å². The lowest BCUT2D eigenvalue weighted by Gasteiger charge is -2.17. The molecule has 14 heavy (non-hydrogen) atoms. The van der Waals surface area contributed by atoms with Crippen LogP contribution in [-0.4, -0.2) is 17.3 Å². The molecule has 0 spiro atoms. The molecule has 0 aliphatic rings. The third kappa shape index (κ3) is 3.04. The van der Waals surface area contributed by atoms with E-state index in [-0.39, 0.29) is 6.10 Å². The van der Waals surface area contributed by atoms with Crippen molar-refractivity contribution < 1.29 is 9.84 Å². The van der Waals surface area contributed by atoms with Gasteiger partial charge in [0.1, 0.15) is 11.9 Å². The van der Waals surface area contributed by atoms with Crippen LogP contribution in [0.5, 0.6) is 5.75 Å². The molecule has 0 radical (unpaired) electrons. The average molecular weight is 194 g/mol. The Hall–Kier alpha value is -1.02. The van der Waals surface area contributed by atoms with Crippen LogP contribution in [0.3, 0.4) is 0 Å². The fourth-order valence-corrected chi connectivity index (χ4v) is 1.12. The van der Waals surface area contributed by atoms with Crippen LogP contribution >= 0.6 is 0 Å². The Labute approximate surface area is 85.5 Å². The molecule has 1 unspecified atom stereocenters. The molecule has 0 aliphatic heterocycles. The van der Waals surface area contributed by atoms with E-state index in [1.165, 1.54) is 5.56 Å². The van der Waals surface area contributed by atoms with Gasteiger partial charge in [0.2, 0.25) is 0 Å². The SMILES string of the molecule is CCc1ccc(OC(C)[C@@H](C)O)cc1. The van der Waals surface area contributed by atoms with E-state index in [4.69, 9.17) is 4.74 Å². The average Bonchev–Trinajstić information content (AvgIpc) is 2.19. The topological polar surface area (TPSA) is 29.5 Å². The van der Waals surface area contributed by atoms with Crippen LogP contribution in [-0.2, 0) is 6.42 Å². The molecule has 1 aromatic rings. The highest BCUT2D eigenvalue weighted by Gasteiger charge is 2.09. The first-order chi connectivity index (χ1) is 6.63. The number of rotatable bonds is 4. The molecule has 2 atom stereocenters. The summed E-state index contributed by atoms with van der Waals surface area (Å²) in [5.74, 6) is 0.815. The molecule has 1 rings (SSSR count). The molecule has 0 heterocycles. The maximum Gasteiger partial charge on any atom is 0.121 e. The van der Waals surface area contributed by atoms with Crippen molar-refractivity contribution in [2.24, 2.45) is 0 Å². The van der Waals surface area contributed by atoms with Gasteiger partial charge < -0.3 is 9.84 Å². The first-order valence-corrected chi connectivity index (χ1v) is 5.07. The number of aliphatic hydroxyl groups is 1. The highest BCUT2D eigenvalue weighted by atomic mass is 16.5. The molecule has 2 nitrogen and oxygen atoms in total. The number of ether oxygens (including phenoxy) is 1. The highest BCUT2D eigenvalue weighted by molar-refractivity contribution is 5.27. The molecule has 0 amide bonds. The Bertz CT molecular complexity index is 264. The highest BCUT2D eigenvalue weighted by Crippen LogP contribution is 2.15. The fourth-order valence-electron chi connectivity index (χ4n) is 1.12. The van der Waals surface area contributed by atoms with Gasteiger partial charge in [-0.2, -0.15) is 0 Å². The minimum Gasteiger partial charge on any atom is -0.488 e. The van der Waals surface area contributed by atoms with E-state index in [1.54, 1.807) is 6.92 Å². The second kappa shape index (κ2) is 5.01. The molecule has 0 bridgehead atoms. The van der Waals surface area contributed by atoms with E-state index < -0.39 is 6.10 Å². The van der Waals surface area contributed by atoms with E-state index >= 15 is 0 Å². The van der Waals surface area contributed by atoms with Gasteiger partial charge in [-0.3, -0.25) is 0 Å². The first kappa shape index (κ1) is 11.1. The molecule has 0 saturated carbocycles. The summed E-state index contributed by atoms with van der Waals surface area (Å²) < 4.78 is 5.53. The van der Waals surface area contributed by atoms with Gasteiger partial charge in [0, 0.05) is 0 Å². The summed E-state index contributed by atoms with van der Waals surface area (Å²) in [7, 11) is 0. The van der Waals surface area contributed by atoms with Crippen molar-refractivity contribution in [2.75, 3.05) is 0 Å².